The van der Waals surface area contributed by atoms with Gasteiger partial charge in [-0.2, -0.15) is 0 Å². The molecule has 1 aromatic carbocycles. The molecule has 3 heterocycles. The molecule has 2 aromatic rings. The van der Waals surface area contributed by atoms with E-state index in [0.29, 0.717) is 22.6 Å². The van der Waals surface area contributed by atoms with Crippen LogP contribution in [0.15, 0.2) is 48.7 Å². The Balaban J connectivity index is 1.52. The highest BCUT2D eigenvalue weighted by Crippen LogP contribution is 2.54. The number of benzene rings is 1. The van der Waals surface area contributed by atoms with Gasteiger partial charge in [-0.3, -0.25) is 4.79 Å². The third kappa shape index (κ3) is 3.12. The molecule has 158 valence electrons. The van der Waals surface area contributed by atoms with Gasteiger partial charge in [0.25, 0.3) is 0 Å². The second kappa shape index (κ2) is 7.50. The van der Waals surface area contributed by atoms with E-state index in [0.717, 1.165) is 35.6 Å². The molecule has 5 rings (SSSR count). The van der Waals surface area contributed by atoms with Gasteiger partial charge < -0.3 is 14.6 Å². The van der Waals surface area contributed by atoms with Gasteiger partial charge >= 0.3 is 0 Å². The van der Waals surface area contributed by atoms with Crippen LogP contribution in [0.1, 0.15) is 30.9 Å². The summed E-state index contributed by atoms with van der Waals surface area (Å²) in [5.74, 6) is 0.678. The maximum atomic E-state index is 13.3. The van der Waals surface area contributed by atoms with Crippen molar-refractivity contribution in [3.63, 3.8) is 0 Å². The first-order chi connectivity index (χ1) is 15.0. The van der Waals surface area contributed by atoms with Gasteiger partial charge in [-0.1, -0.05) is 38.3 Å². The molecular formula is C26H25NO4. The maximum Gasteiger partial charge on any atom is 0.219 e. The summed E-state index contributed by atoms with van der Waals surface area (Å²) in [6.45, 7) is 9.69. The van der Waals surface area contributed by atoms with E-state index >= 15 is 0 Å². The van der Waals surface area contributed by atoms with E-state index in [1.165, 1.54) is 0 Å². The monoisotopic (exact) mass is 415 g/mol. The minimum atomic E-state index is -0.257. The fourth-order valence-corrected chi connectivity index (χ4v) is 5.20. The number of aryl methyl sites for hydroxylation is 1. The summed E-state index contributed by atoms with van der Waals surface area (Å²) in [6, 6.07) is 9.29. The zero-order chi connectivity index (χ0) is 21.7. The largest absolute Gasteiger partial charge is 0.511 e. The van der Waals surface area contributed by atoms with Crippen molar-refractivity contribution in [2.75, 3.05) is 0 Å². The SMILES string of the molecule is C=C/C=c1/ccc(Oc2ccc(CC)c(C3=C(O)C4C5CCC(O5)C4C3=O)c2)nc1=C. The second-order valence-electron chi connectivity index (χ2n) is 8.33. The number of rotatable bonds is 5. The topological polar surface area (TPSA) is 68.7 Å². The number of allylic oxidation sites excluding steroid dienone is 2. The molecule has 2 aliphatic heterocycles. The number of hydrogen-bond donors (Lipinski definition) is 1. The van der Waals surface area contributed by atoms with Crippen molar-refractivity contribution in [3.05, 3.63) is 70.4 Å². The number of carbonyl (C=O) groups excluding carboxylic acids is 1. The molecule has 0 amide bonds. The molecule has 5 nitrogen and oxygen atoms in total. The van der Waals surface area contributed by atoms with Gasteiger partial charge in [0.05, 0.1) is 35.0 Å². The molecule has 1 aromatic heterocycles. The van der Waals surface area contributed by atoms with E-state index in [2.05, 4.69) is 18.1 Å². The quantitative estimate of drug-likeness (QED) is 0.810. The highest BCUT2D eigenvalue weighted by atomic mass is 16.5. The minimum absolute atomic E-state index is 0.0102. The van der Waals surface area contributed by atoms with Crippen LogP contribution < -0.4 is 15.3 Å². The molecule has 31 heavy (non-hydrogen) atoms. The molecular weight excluding hydrogens is 390 g/mol. The predicted octanol–water partition coefficient (Wildman–Crippen LogP) is 3.46. The highest BCUT2D eigenvalue weighted by Gasteiger charge is 2.59. The zero-order valence-corrected chi connectivity index (χ0v) is 17.5. The van der Waals surface area contributed by atoms with Gasteiger partial charge in [0.2, 0.25) is 5.88 Å². The van der Waals surface area contributed by atoms with E-state index in [1.54, 1.807) is 12.1 Å². The molecule has 2 saturated heterocycles. The zero-order valence-electron chi connectivity index (χ0n) is 17.5. The van der Waals surface area contributed by atoms with Crippen LogP contribution in [-0.2, 0) is 16.0 Å². The first-order valence-electron chi connectivity index (χ1n) is 10.7. The van der Waals surface area contributed by atoms with Gasteiger partial charge in [0.1, 0.15) is 11.5 Å². The Morgan fingerprint density at radius 2 is 2.00 bits per heavy atom. The molecule has 0 radical (unpaired) electrons. The number of Topliss-reactive ketones (excluding diaryl/α,β-unsaturated/α-hetero) is 1. The number of ketones is 1. The number of fused-ring (bicyclic) bond motifs is 5. The van der Waals surface area contributed by atoms with Crippen LogP contribution in [-0.4, -0.2) is 28.1 Å². The van der Waals surface area contributed by atoms with Crippen molar-refractivity contribution in [1.29, 1.82) is 0 Å². The number of ether oxygens (including phenoxy) is 2. The number of nitrogens with zero attached hydrogens (tertiary/aromatic N) is 1. The number of aliphatic hydroxyl groups is 1. The minimum Gasteiger partial charge on any atom is -0.511 e. The van der Waals surface area contributed by atoms with Crippen molar-refractivity contribution in [3.8, 4) is 11.6 Å². The van der Waals surface area contributed by atoms with Crippen molar-refractivity contribution in [2.45, 2.75) is 38.4 Å². The Hall–Kier alpha value is -3.18. The lowest BCUT2D eigenvalue weighted by atomic mass is 9.80. The number of carbonyl (C=O) groups is 1. The molecule has 3 aliphatic rings. The molecule has 1 N–H and O–H groups in total. The molecule has 4 atom stereocenters. The number of pyridine rings is 1. The van der Waals surface area contributed by atoms with Crippen molar-refractivity contribution in [2.24, 2.45) is 11.8 Å². The van der Waals surface area contributed by atoms with Crippen LogP contribution in [0.3, 0.4) is 0 Å². The van der Waals surface area contributed by atoms with E-state index in [-0.39, 0.29) is 35.6 Å². The fraction of sp³-hybridized carbons (Fsp3) is 0.308. The van der Waals surface area contributed by atoms with Crippen LogP contribution in [0.25, 0.3) is 18.2 Å². The molecule has 4 unspecified atom stereocenters. The van der Waals surface area contributed by atoms with Gasteiger partial charge in [0.15, 0.2) is 5.78 Å². The highest BCUT2D eigenvalue weighted by molar-refractivity contribution is 6.25. The summed E-state index contributed by atoms with van der Waals surface area (Å²) in [4.78, 5) is 17.7. The first-order valence-corrected chi connectivity index (χ1v) is 10.7. The summed E-state index contributed by atoms with van der Waals surface area (Å²) in [7, 11) is 0. The third-order valence-electron chi connectivity index (χ3n) is 6.63. The Morgan fingerprint density at radius 1 is 1.23 bits per heavy atom. The van der Waals surface area contributed by atoms with Crippen LogP contribution in [0.5, 0.6) is 11.6 Å². The smallest absolute Gasteiger partial charge is 0.219 e. The Bertz CT molecular complexity index is 1230. The summed E-state index contributed by atoms with van der Waals surface area (Å²) >= 11 is 0. The van der Waals surface area contributed by atoms with Gasteiger partial charge in [-0.15, -0.1) is 0 Å². The van der Waals surface area contributed by atoms with Crippen LogP contribution in [0.2, 0.25) is 0 Å². The van der Waals surface area contributed by atoms with Crippen molar-refractivity contribution < 1.29 is 19.4 Å². The van der Waals surface area contributed by atoms with Crippen molar-refractivity contribution >= 4 is 24.0 Å². The fourth-order valence-electron chi connectivity index (χ4n) is 5.20. The molecule has 1 aliphatic carbocycles. The Morgan fingerprint density at radius 3 is 2.68 bits per heavy atom. The lowest BCUT2D eigenvalue weighted by Gasteiger charge is -2.19. The molecule has 2 bridgehead atoms. The standard InChI is InChI=1S/C26H25NO4/c1-4-6-16-8-12-21(27-14(16)3)30-17-9-7-15(5-2)18(13-17)22-25(28)23-19-10-11-20(31-19)24(23)26(22)29/h4,6-9,12-13,19-20,23-24,28H,1,3,5,10-11H2,2H3/b16-6-. The normalized spacial score (nSPS) is 27.1. The number of hydrogen-bond acceptors (Lipinski definition) is 5. The van der Waals surface area contributed by atoms with Crippen LogP contribution in [0, 0.1) is 11.8 Å². The number of aliphatic hydroxyl groups excluding tert-OH is 1. The van der Waals surface area contributed by atoms with Gasteiger partial charge in [0, 0.05) is 6.07 Å². The van der Waals surface area contributed by atoms with Crippen molar-refractivity contribution in [1.82, 2.24) is 4.98 Å². The molecule has 2 fully saturated rings. The van der Waals surface area contributed by atoms with E-state index in [1.807, 2.05) is 37.3 Å². The maximum absolute atomic E-state index is 13.3. The number of aromatic nitrogens is 1. The van der Waals surface area contributed by atoms with Crippen LogP contribution in [0.4, 0.5) is 0 Å². The lowest BCUT2D eigenvalue weighted by Crippen LogP contribution is -2.29. The average molecular weight is 415 g/mol. The molecule has 5 heteroatoms. The van der Waals surface area contributed by atoms with Gasteiger partial charge in [-0.05, 0) is 53.8 Å². The molecule has 0 saturated carbocycles. The second-order valence-corrected chi connectivity index (χ2v) is 8.33. The lowest BCUT2D eigenvalue weighted by molar-refractivity contribution is -0.118. The summed E-state index contributed by atoms with van der Waals surface area (Å²) in [5.41, 5.74) is 2.17. The van der Waals surface area contributed by atoms with E-state index in [9.17, 15) is 9.90 Å². The van der Waals surface area contributed by atoms with Crippen LogP contribution >= 0.6 is 0 Å². The Labute approximate surface area is 181 Å². The summed E-state index contributed by atoms with van der Waals surface area (Å²) in [6.07, 6.45) is 5.93. The summed E-state index contributed by atoms with van der Waals surface area (Å²) in [5, 5.41) is 12.5. The van der Waals surface area contributed by atoms with Gasteiger partial charge in [-0.25, -0.2) is 4.98 Å². The Kier molecular flexibility index (Phi) is 4.78. The predicted molar refractivity (Wildman–Crippen MR) is 119 cm³/mol. The average Bonchev–Trinajstić information content (AvgIpc) is 3.44. The summed E-state index contributed by atoms with van der Waals surface area (Å²) < 4.78 is 11.9. The third-order valence-corrected chi connectivity index (χ3v) is 6.63. The first kappa shape index (κ1) is 19.8. The van der Waals surface area contributed by atoms with E-state index in [4.69, 9.17) is 9.47 Å². The molecule has 0 spiro atoms. The van der Waals surface area contributed by atoms with E-state index < -0.39 is 0 Å².